The highest BCUT2D eigenvalue weighted by Crippen LogP contribution is 2.32. The molecule has 30 heavy (non-hydrogen) atoms. The molecule has 1 aromatic rings. The van der Waals surface area contributed by atoms with Gasteiger partial charge >= 0.3 is 6.09 Å². The molecule has 7 nitrogen and oxygen atoms in total. The number of nitrogens with one attached hydrogen (secondary N) is 3. The van der Waals surface area contributed by atoms with Crippen LogP contribution in [0.4, 0.5) is 10.5 Å². The van der Waals surface area contributed by atoms with Crippen molar-refractivity contribution in [1.29, 1.82) is 0 Å². The lowest BCUT2D eigenvalue weighted by atomic mass is 10.1. The van der Waals surface area contributed by atoms with Crippen LogP contribution in [0.25, 0.3) is 0 Å². The van der Waals surface area contributed by atoms with Gasteiger partial charge in [0, 0.05) is 32.4 Å². The lowest BCUT2D eigenvalue weighted by Crippen LogP contribution is -2.48. The van der Waals surface area contributed by atoms with E-state index in [2.05, 4.69) is 57.0 Å². The smallest absolute Gasteiger partial charge is 0.407 e. The van der Waals surface area contributed by atoms with Gasteiger partial charge in [-0.25, -0.2) is 4.79 Å². The second-order valence-corrected chi connectivity index (χ2v) is 7.92. The summed E-state index contributed by atoms with van der Waals surface area (Å²) in [5, 5.41) is 9.81. The van der Waals surface area contributed by atoms with Crippen LogP contribution in [0.5, 0.6) is 0 Å². The highest BCUT2D eigenvalue weighted by Gasteiger charge is 2.32. The van der Waals surface area contributed by atoms with E-state index >= 15 is 0 Å². The van der Waals surface area contributed by atoms with Crippen molar-refractivity contribution in [1.82, 2.24) is 16.0 Å². The third kappa shape index (κ3) is 7.21. The lowest BCUT2D eigenvalue weighted by Gasteiger charge is -2.23. The highest BCUT2D eigenvalue weighted by molar-refractivity contribution is 14.0. The van der Waals surface area contributed by atoms with Crippen molar-refractivity contribution in [2.45, 2.75) is 51.6 Å². The largest absolute Gasteiger partial charge is 0.450 e. The van der Waals surface area contributed by atoms with Gasteiger partial charge in [-0.15, -0.1) is 24.0 Å². The summed E-state index contributed by atoms with van der Waals surface area (Å²) in [6.07, 6.45) is 4.49. The minimum atomic E-state index is -0.346. The monoisotopic (exact) mass is 529 g/mol. The first-order valence-corrected chi connectivity index (χ1v) is 10.9. The number of ether oxygens (including phenoxy) is 1. The number of rotatable bonds is 8. The minimum absolute atomic E-state index is 0. The van der Waals surface area contributed by atoms with Crippen molar-refractivity contribution >= 4 is 41.7 Å². The first-order valence-electron chi connectivity index (χ1n) is 10.9. The number of benzene rings is 1. The molecule has 1 saturated heterocycles. The zero-order valence-corrected chi connectivity index (χ0v) is 20.6. The summed E-state index contributed by atoms with van der Waals surface area (Å²) in [6.45, 7) is 7.26. The number of alkyl carbamates (subject to hydrolysis) is 1. The van der Waals surface area contributed by atoms with Gasteiger partial charge in [0.05, 0.1) is 18.7 Å². The van der Waals surface area contributed by atoms with Crippen molar-refractivity contribution in [3.05, 3.63) is 29.8 Å². The van der Waals surface area contributed by atoms with Crippen molar-refractivity contribution in [2.24, 2.45) is 10.9 Å². The van der Waals surface area contributed by atoms with E-state index in [1.165, 1.54) is 24.1 Å². The number of amides is 1. The molecule has 2 unspecified atom stereocenters. The zero-order chi connectivity index (χ0) is 20.6. The van der Waals surface area contributed by atoms with Crippen LogP contribution in [0.1, 0.15) is 51.1 Å². The van der Waals surface area contributed by atoms with Gasteiger partial charge in [0.1, 0.15) is 0 Å². The Morgan fingerprint density at radius 2 is 2.00 bits per heavy atom. The van der Waals surface area contributed by atoms with Crippen LogP contribution < -0.4 is 20.9 Å². The summed E-state index contributed by atoms with van der Waals surface area (Å²) in [5.41, 5.74) is 2.53. The third-order valence-corrected chi connectivity index (χ3v) is 5.68. The summed E-state index contributed by atoms with van der Waals surface area (Å²) >= 11 is 0. The van der Waals surface area contributed by atoms with E-state index < -0.39 is 0 Å². The van der Waals surface area contributed by atoms with Crippen LogP contribution in [0.3, 0.4) is 0 Å². The van der Waals surface area contributed by atoms with Crippen LogP contribution in [-0.2, 0) is 4.74 Å². The average molecular weight is 529 g/mol. The molecule has 2 fully saturated rings. The second-order valence-electron chi connectivity index (χ2n) is 7.92. The van der Waals surface area contributed by atoms with E-state index in [-0.39, 0.29) is 42.2 Å². The fraction of sp³-hybridized carbons (Fsp3) is 0.636. The predicted octanol–water partition coefficient (Wildman–Crippen LogP) is 3.66. The van der Waals surface area contributed by atoms with E-state index in [1.807, 2.05) is 6.92 Å². The van der Waals surface area contributed by atoms with E-state index in [9.17, 15) is 4.79 Å². The second kappa shape index (κ2) is 12.2. The van der Waals surface area contributed by atoms with Gasteiger partial charge in [-0.05, 0) is 63.1 Å². The molecule has 0 spiro atoms. The molecule has 1 amide bonds. The van der Waals surface area contributed by atoms with Crippen LogP contribution in [0.15, 0.2) is 29.3 Å². The first kappa shape index (κ1) is 24.6. The molecule has 1 aromatic carbocycles. The summed E-state index contributed by atoms with van der Waals surface area (Å²) in [5.74, 6) is 1.25. The number of halogens is 1. The quantitative estimate of drug-likeness (QED) is 0.272. The molecule has 0 aromatic heterocycles. The normalized spacial score (nSPS) is 18.2. The summed E-state index contributed by atoms with van der Waals surface area (Å²) in [4.78, 5) is 18.6. The van der Waals surface area contributed by atoms with Gasteiger partial charge in [0.25, 0.3) is 0 Å². The summed E-state index contributed by atoms with van der Waals surface area (Å²) in [7, 11) is 1.77. The molecule has 1 saturated carbocycles. The molecular formula is C22H36IN5O2. The lowest BCUT2D eigenvalue weighted by molar-refractivity contribution is 0.146. The maximum atomic E-state index is 11.8. The van der Waals surface area contributed by atoms with E-state index in [0.717, 1.165) is 31.9 Å². The van der Waals surface area contributed by atoms with Crippen LogP contribution in [0.2, 0.25) is 0 Å². The Morgan fingerprint density at radius 3 is 2.63 bits per heavy atom. The first-order chi connectivity index (χ1) is 14.1. The molecule has 2 aliphatic rings. The molecule has 1 aliphatic heterocycles. The Hall–Kier alpha value is -1.71. The molecule has 2 atom stereocenters. The van der Waals surface area contributed by atoms with Gasteiger partial charge in [0.15, 0.2) is 5.96 Å². The van der Waals surface area contributed by atoms with Crippen molar-refractivity contribution in [3.8, 4) is 0 Å². The van der Waals surface area contributed by atoms with E-state index in [4.69, 9.17) is 4.74 Å². The molecule has 3 N–H and O–H groups in total. The third-order valence-electron chi connectivity index (χ3n) is 5.68. The number of hydrogen-bond acceptors (Lipinski definition) is 4. The molecule has 3 rings (SSSR count). The van der Waals surface area contributed by atoms with Crippen molar-refractivity contribution < 1.29 is 9.53 Å². The number of aliphatic imine (C=N–C) groups is 1. The van der Waals surface area contributed by atoms with Gasteiger partial charge in [-0.2, -0.15) is 0 Å². The molecule has 1 aliphatic carbocycles. The Kier molecular flexibility index (Phi) is 10.0. The Balaban J connectivity index is 0.00000320. The Bertz CT molecular complexity index is 705. The van der Waals surface area contributed by atoms with Crippen LogP contribution >= 0.6 is 24.0 Å². The maximum Gasteiger partial charge on any atom is 0.407 e. The van der Waals surface area contributed by atoms with Crippen molar-refractivity contribution in [3.63, 3.8) is 0 Å². The number of nitrogens with zero attached hydrogens (tertiary/aromatic N) is 2. The topological polar surface area (TPSA) is 78.0 Å². The Labute approximate surface area is 197 Å². The molecule has 8 heteroatoms. The summed E-state index contributed by atoms with van der Waals surface area (Å²) in [6, 6.07) is 8.92. The standard InChI is InChI=1S/C22H35N5O2.HI/c1-4-29-22(28)26-20(17-10-11-17)15-24-21(23-3)25-16(2)18-8-7-9-19(14-18)27-12-5-6-13-27;/h7-9,14,16-17,20H,4-6,10-13,15H2,1-3H3,(H,26,28)(H2,23,24,25);1H. The number of carbonyl (C=O) groups excluding carboxylic acids is 1. The van der Waals surface area contributed by atoms with Gasteiger partial charge < -0.3 is 25.6 Å². The molecular weight excluding hydrogens is 493 g/mol. The van der Waals surface area contributed by atoms with Crippen LogP contribution in [0, 0.1) is 5.92 Å². The number of anilines is 1. The number of hydrogen-bond donors (Lipinski definition) is 3. The summed E-state index contributed by atoms with van der Waals surface area (Å²) < 4.78 is 5.03. The average Bonchev–Trinajstić information content (AvgIpc) is 3.43. The molecule has 168 valence electrons. The van der Waals surface area contributed by atoms with Gasteiger partial charge in [-0.1, -0.05) is 12.1 Å². The van der Waals surface area contributed by atoms with Gasteiger partial charge in [0.2, 0.25) is 0 Å². The maximum absolute atomic E-state index is 11.8. The number of carbonyl (C=O) groups is 1. The highest BCUT2D eigenvalue weighted by atomic mass is 127. The fourth-order valence-corrected chi connectivity index (χ4v) is 3.81. The minimum Gasteiger partial charge on any atom is -0.450 e. The Morgan fingerprint density at radius 1 is 1.27 bits per heavy atom. The number of guanidine groups is 1. The fourth-order valence-electron chi connectivity index (χ4n) is 3.81. The predicted molar refractivity (Wildman–Crippen MR) is 133 cm³/mol. The van der Waals surface area contributed by atoms with Crippen LogP contribution in [-0.4, -0.2) is 51.4 Å². The van der Waals surface area contributed by atoms with E-state index in [1.54, 1.807) is 7.05 Å². The van der Waals surface area contributed by atoms with E-state index in [0.29, 0.717) is 19.1 Å². The molecule has 1 heterocycles. The zero-order valence-electron chi connectivity index (χ0n) is 18.3. The molecule has 0 radical (unpaired) electrons. The van der Waals surface area contributed by atoms with Gasteiger partial charge in [-0.3, -0.25) is 4.99 Å². The van der Waals surface area contributed by atoms with Crippen molar-refractivity contribution in [2.75, 3.05) is 38.2 Å². The SMILES string of the molecule is CCOC(=O)NC(CNC(=NC)NC(C)c1cccc(N2CCCC2)c1)C1CC1.I. The molecule has 0 bridgehead atoms.